The Morgan fingerprint density at radius 2 is 2.33 bits per heavy atom. The summed E-state index contributed by atoms with van der Waals surface area (Å²) in [5, 5.41) is 12.5. The number of nitrogens with two attached hydrogens (primary N) is 1. The van der Waals surface area contributed by atoms with Gasteiger partial charge in [0.25, 0.3) is 0 Å². The molecule has 0 aliphatic carbocycles. The molecule has 0 spiro atoms. The van der Waals surface area contributed by atoms with E-state index in [1.54, 1.807) is 19.3 Å². The summed E-state index contributed by atoms with van der Waals surface area (Å²) in [4.78, 5) is 22.5. The number of aliphatic carboxylic acids is 1. The van der Waals surface area contributed by atoms with E-state index in [4.69, 9.17) is 10.8 Å². The monoisotopic (exact) mass is 212 g/mol. The van der Waals surface area contributed by atoms with Gasteiger partial charge < -0.3 is 10.8 Å². The quantitative estimate of drug-likeness (QED) is 0.720. The highest BCUT2D eigenvalue weighted by Crippen LogP contribution is 2.09. The highest BCUT2D eigenvalue weighted by molar-refractivity contribution is 5.90. The second-order valence-electron chi connectivity index (χ2n) is 2.98. The number of carbonyl (C=O) groups is 2. The number of hydrogen-bond donors (Lipinski definition) is 2. The van der Waals surface area contributed by atoms with Crippen LogP contribution >= 0.6 is 0 Å². The number of aromatic nitrogens is 2. The van der Waals surface area contributed by atoms with E-state index in [-0.39, 0.29) is 13.0 Å². The number of primary amides is 1. The molecule has 0 aromatic carbocycles. The van der Waals surface area contributed by atoms with Crippen LogP contribution in [0.3, 0.4) is 0 Å². The molecule has 82 valence electrons. The summed E-state index contributed by atoms with van der Waals surface area (Å²) < 4.78 is 1.51. The Hall–Kier alpha value is -2.05. The largest absolute Gasteiger partial charge is 0.481 e. The van der Waals surface area contributed by atoms with E-state index >= 15 is 0 Å². The minimum absolute atomic E-state index is 0.0156. The summed E-state index contributed by atoms with van der Waals surface area (Å²) in [6, 6.07) is 0.877. The van der Waals surface area contributed by atoms with Crippen LogP contribution in [0.1, 0.15) is 6.42 Å². The van der Waals surface area contributed by atoms with Gasteiger partial charge in [-0.1, -0.05) is 0 Å². The number of amides is 2. The Balaban J connectivity index is 2.74. The number of rotatable bonds is 4. The van der Waals surface area contributed by atoms with Gasteiger partial charge in [0.2, 0.25) is 0 Å². The van der Waals surface area contributed by atoms with Crippen molar-refractivity contribution in [1.82, 2.24) is 9.78 Å². The molecule has 1 aromatic heterocycles. The topological polar surface area (TPSA) is 101 Å². The van der Waals surface area contributed by atoms with Gasteiger partial charge in [-0.2, -0.15) is 5.10 Å². The summed E-state index contributed by atoms with van der Waals surface area (Å²) >= 11 is 0. The number of anilines is 1. The molecule has 1 rings (SSSR count). The van der Waals surface area contributed by atoms with Crippen molar-refractivity contribution in [3.63, 3.8) is 0 Å². The molecule has 0 unspecified atom stereocenters. The van der Waals surface area contributed by atoms with Gasteiger partial charge in [0, 0.05) is 25.9 Å². The molecule has 0 atom stereocenters. The van der Waals surface area contributed by atoms with Crippen LogP contribution in [-0.2, 0) is 11.8 Å². The van der Waals surface area contributed by atoms with Crippen LogP contribution in [-0.4, -0.2) is 33.4 Å². The van der Waals surface area contributed by atoms with Crippen LogP contribution in [0.2, 0.25) is 0 Å². The first-order chi connectivity index (χ1) is 7.00. The van der Waals surface area contributed by atoms with Crippen molar-refractivity contribution < 1.29 is 14.7 Å². The smallest absolute Gasteiger partial charge is 0.320 e. The third-order valence-corrected chi connectivity index (χ3v) is 1.79. The SMILES string of the molecule is Cn1ccc(N(CCC(=O)O)C(N)=O)n1. The van der Waals surface area contributed by atoms with E-state index in [0.29, 0.717) is 5.82 Å². The van der Waals surface area contributed by atoms with Crippen molar-refractivity contribution in [2.24, 2.45) is 12.8 Å². The van der Waals surface area contributed by atoms with Gasteiger partial charge in [-0.05, 0) is 0 Å². The number of carboxylic acids is 1. The lowest BCUT2D eigenvalue weighted by Gasteiger charge is -2.15. The lowest BCUT2D eigenvalue weighted by atomic mass is 10.4. The normalized spacial score (nSPS) is 9.93. The van der Waals surface area contributed by atoms with Crippen LogP contribution < -0.4 is 10.6 Å². The molecule has 0 aliphatic heterocycles. The number of urea groups is 1. The Labute approximate surface area is 86.1 Å². The van der Waals surface area contributed by atoms with Gasteiger partial charge in [-0.15, -0.1) is 0 Å². The molecule has 7 heteroatoms. The summed E-state index contributed by atoms with van der Waals surface area (Å²) in [5.41, 5.74) is 5.11. The average Bonchev–Trinajstić information content (AvgIpc) is 2.51. The number of hydrogen-bond acceptors (Lipinski definition) is 3. The first kappa shape index (κ1) is 11.0. The molecule has 0 saturated heterocycles. The minimum atomic E-state index is -0.989. The van der Waals surface area contributed by atoms with E-state index in [1.807, 2.05) is 0 Å². The highest BCUT2D eigenvalue weighted by atomic mass is 16.4. The van der Waals surface area contributed by atoms with Crippen molar-refractivity contribution in [3.8, 4) is 0 Å². The van der Waals surface area contributed by atoms with Crippen molar-refractivity contribution >= 4 is 17.8 Å². The van der Waals surface area contributed by atoms with Crippen molar-refractivity contribution in [1.29, 1.82) is 0 Å². The molecular formula is C8H12N4O3. The number of nitrogens with zero attached hydrogens (tertiary/aromatic N) is 3. The first-order valence-corrected chi connectivity index (χ1v) is 4.29. The molecule has 0 saturated carbocycles. The number of aryl methyl sites for hydroxylation is 1. The zero-order chi connectivity index (χ0) is 11.4. The maximum atomic E-state index is 11.0. The van der Waals surface area contributed by atoms with Crippen LogP contribution in [0.15, 0.2) is 12.3 Å². The summed E-state index contributed by atoms with van der Waals surface area (Å²) in [6.45, 7) is 0.0156. The lowest BCUT2D eigenvalue weighted by molar-refractivity contribution is -0.136. The second-order valence-corrected chi connectivity index (χ2v) is 2.98. The highest BCUT2D eigenvalue weighted by Gasteiger charge is 2.15. The summed E-state index contributed by atoms with van der Waals surface area (Å²) in [6.07, 6.45) is 1.48. The van der Waals surface area contributed by atoms with E-state index in [0.717, 1.165) is 4.90 Å². The molecule has 2 amide bonds. The maximum absolute atomic E-state index is 11.0. The molecule has 1 aromatic rings. The Kier molecular flexibility index (Phi) is 3.27. The van der Waals surface area contributed by atoms with Gasteiger partial charge in [0.1, 0.15) is 0 Å². The molecular weight excluding hydrogens is 200 g/mol. The van der Waals surface area contributed by atoms with E-state index in [1.165, 1.54) is 4.68 Å². The summed E-state index contributed by atoms with van der Waals surface area (Å²) in [5.74, 6) is -0.636. The fourth-order valence-electron chi connectivity index (χ4n) is 1.09. The zero-order valence-corrected chi connectivity index (χ0v) is 8.25. The fraction of sp³-hybridized carbons (Fsp3) is 0.375. The molecule has 0 bridgehead atoms. The van der Waals surface area contributed by atoms with Gasteiger partial charge in [0.15, 0.2) is 5.82 Å². The second kappa shape index (κ2) is 4.45. The molecule has 0 aliphatic rings. The predicted octanol–water partition coefficient (Wildman–Crippen LogP) is -0.220. The fourth-order valence-corrected chi connectivity index (χ4v) is 1.09. The van der Waals surface area contributed by atoms with Gasteiger partial charge in [-0.3, -0.25) is 14.4 Å². The van der Waals surface area contributed by atoms with E-state index in [2.05, 4.69) is 5.10 Å². The average molecular weight is 212 g/mol. The number of carbonyl (C=O) groups excluding carboxylic acids is 1. The van der Waals surface area contributed by atoms with Gasteiger partial charge >= 0.3 is 12.0 Å². The van der Waals surface area contributed by atoms with E-state index in [9.17, 15) is 9.59 Å². The molecule has 15 heavy (non-hydrogen) atoms. The third-order valence-electron chi connectivity index (χ3n) is 1.79. The molecule has 3 N–H and O–H groups in total. The van der Waals surface area contributed by atoms with Crippen LogP contribution in [0, 0.1) is 0 Å². The summed E-state index contributed by atoms with van der Waals surface area (Å²) in [7, 11) is 1.69. The standard InChI is InChI=1S/C8H12N4O3/c1-11-4-2-6(10-11)12(8(9)15)5-3-7(13)14/h2,4H,3,5H2,1H3,(H2,9,15)(H,13,14). The molecule has 0 radical (unpaired) electrons. The Bertz CT molecular complexity index is 374. The van der Waals surface area contributed by atoms with Gasteiger partial charge in [-0.25, -0.2) is 4.79 Å². The molecule has 1 heterocycles. The maximum Gasteiger partial charge on any atom is 0.320 e. The zero-order valence-electron chi connectivity index (χ0n) is 8.25. The van der Waals surface area contributed by atoms with Crippen LogP contribution in [0.4, 0.5) is 10.6 Å². The van der Waals surface area contributed by atoms with Gasteiger partial charge in [0.05, 0.1) is 6.42 Å². The van der Waals surface area contributed by atoms with Crippen LogP contribution in [0.25, 0.3) is 0 Å². The van der Waals surface area contributed by atoms with E-state index < -0.39 is 12.0 Å². The lowest BCUT2D eigenvalue weighted by Crippen LogP contribution is -2.37. The molecule has 0 fully saturated rings. The predicted molar refractivity (Wildman–Crippen MR) is 52.4 cm³/mol. The number of carboxylic acid groups (broad SMARTS) is 1. The van der Waals surface area contributed by atoms with Crippen molar-refractivity contribution in [2.75, 3.05) is 11.4 Å². The third kappa shape index (κ3) is 2.97. The molecule has 7 nitrogen and oxygen atoms in total. The first-order valence-electron chi connectivity index (χ1n) is 4.29. The minimum Gasteiger partial charge on any atom is -0.481 e. The van der Waals surface area contributed by atoms with Crippen LogP contribution in [0.5, 0.6) is 0 Å². The van der Waals surface area contributed by atoms with Crippen molar-refractivity contribution in [3.05, 3.63) is 12.3 Å². The Morgan fingerprint density at radius 3 is 2.73 bits per heavy atom. The Morgan fingerprint density at radius 1 is 1.67 bits per heavy atom. The van der Waals surface area contributed by atoms with Crippen molar-refractivity contribution in [2.45, 2.75) is 6.42 Å².